The van der Waals surface area contributed by atoms with Gasteiger partial charge in [0.2, 0.25) is 5.91 Å². The minimum atomic E-state index is -0.598. The molecular formula is C19H21FN4O2. The number of halogens is 1. The molecule has 0 saturated heterocycles. The van der Waals surface area contributed by atoms with E-state index in [2.05, 4.69) is 15.8 Å². The average Bonchev–Trinajstić information content (AvgIpc) is 2.62. The van der Waals surface area contributed by atoms with Crippen LogP contribution in [0.1, 0.15) is 22.3 Å². The van der Waals surface area contributed by atoms with Crippen LogP contribution in [-0.2, 0) is 4.79 Å². The number of hydrazone groups is 1. The van der Waals surface area contributed by atoms with Gasteiger partial charge in [0.25, 0.3) is 5.91 Å². The zero-order valence-corrected chi connectivity index (χ0v) is 14.7. The number of nitrogens with one attached hydrogen (secondary N) is 2. The van der Waals surface area contributed by atoms with Crippen LogP contribution < -0.4 is 15.6 Å². The van der Waals surface area contributed by atoms with Crippen molar-refractivity contribution in [1.82, 2.24) is 10.7 Å². The highest BCUT2D eigenvalue weighted by Gasteiger charge is 2.10. The van der Waals surface area contributed by atoms with Gasteiger partial charge in [0.05, 0.1) is 11.8 Å². The van der Waals surface area contributed by atoms with Crippen LogP contribution in [0.15, 0.2) is 53.6 Å². The molecule has 0 aliphatic rings. The Kier molecular flexibility index (Phi) is 6.84. The lowest BCUT2D eigenvalue weighted by molar-refractivity contribution is -0.120. The van der Waals surface area contributed by atoms with Gasteiger partial charge in [-0.2, -0.15) is 5.10 Å². The summed E-state index contributed by atoms with van der Waals surface area (Å²) in [7, 11) is 3.91. The predicted molar refractivity (Wildman–Crippen MR) is 99.9 cm³/mol. The number of hydrogen-bond acceptors (Lipinski definition) is 4. The van der Waals surface area contributed by atoms with Crippen LogP contribution in [-0.4, -0.2) is 38.7 Å². The van der Waals surface area contributed by atoms with Crippen molar-refractivity contribution in [3.05, 3.63) is 65.5 Å². The molecule has 2 rings (SSSR count). The Morgan fingerprint density at radius 1 is 1.12 bits per heavy atom. The Hall–Kier alpha value is -3.22. The quantitative estimate of drug-likeness (QED) is 0.590. The fourth-order valence-electron chi connectivity index (χ4n) is 2.12. The maximum atomic E-state index is 13.5. The molecule has 0 fully saturated rings. The lowest BCUT2D eigenvalue weighted by atomic mass is 10.2. The minimum Gasteiger partial charge on any atom is -0.378 e. The summed E-state index contributed by atoms with van der Waals surface area (Å²) in [5.74, 6) is -1.50. The van der Waals surface area contributed by atoms with Crippen LogP contribution in [0.3, 0.4) is 0 Å². The third-order valence-electron chi connectivity index (χ3n) is 3.57. The molecule has 26 heavy (non-hydrogen) atoms. The monoisotopic (exact) mass is 356 g/mol. The smallest absolute Gasteiger partial charge is 0.254 e. The molecule has 0 saturated carbocycles. The third-order valence-corrected chi connectivity index (χ3v) is 3.57. The lowest BCUT2D eigenvalue weighted by Gasteiger charge is -2.11. The van der Waals surface area contributed by atoms with E-state index in [0.717, 1.165) is 11.3 Å². The molecule has 6 nitrogen and oxygen atoms in total. The summed E-state index contributed by atoms with van der Waals surface area (Å²) < 4.78 is 13.5. The molecule has 0 bridgehead atoms. The number of amides is 2. The van der Waals surface area contributed by atoms with E-state index in [0.29, 0.717) is 0 Å². The predicted octanol–water partition coefficient (Wildman–Crippen LogP) is 2.16. The van der Waals surface area contributed by atoms with Gasteiger partial charge in [-0.1, -0.05) is 24.3 Å². The van der Waals surface area contributed by atoms with Crippen LogP contribution in [0.5, 0.6) is 0 Å². The Balaban J connectivity index is 1.73. The van der Waals surface area contributed by atoms with Gasteiger partial charge in [0.1, 0.15) is 5.82 Å². The van der Waals surface area contributed by atoms with E-state index in [-0.39, 0.29) is 24.4 Å². The number of rotatable bonds is 7. The van der Waals surface area contributed by atoms with Crippen LogP contribution in [0.4, 0.5) is 10.1 Å². The third kappa shape index (κ3) is 5.70. The van der Waals surface area contributed by atoms with Gasteiger partial charge in [-0.3, -0.25) is 9.59 Å². The summed E-state index contributed by atoms with van der Waals surface area (Å²) in [5, 5.41) is 6.37. The van der Waals surface area contributed by atoms with Crippen molar-refractivity contribution >= 4 is 23.7 Å². The number of anilines is 1. The first-order valence-corrected chi connectivity index (χ1v) is 8.09. The van der Waals surface area contributed by atoms with E-state index in [4.69, 9.17) is 0 Å². The van der Waals surface area contributed by atoms with E-state index >= 15 is 0 Å². The number of carbonyl (C=O) groups is 2. The molecule has 2 aromatic carbocycles. The summed E-state index contributed by atoms with van der Waals surface area (Å²) in [5.41, 5.74) is 4.26. The number of hydrogen-bond donors (Lipinski definition) is 2. The molecule has 2 amide bonds. The van der Waals surface area contributed by atoms with Gasteiger partial charge >= 0.3 is 0 Å². The fourth-order valence-corrected chi connectivity index (χ4v) is 2.12. The second-order valence-corrected chi connectivity index (χ2v) is 5.76. The highest BCUT2D eigenvalue weighted by Crippen LogP contribution is 2.10. The molecule has 0 atom stereocenters. The van der Waals surface area contributed by atoms with Crippen molar-refractivity contribution < 1.29 is 14.0 Å². The van der Waals surface area contributed by atoms with Crippen molar-refractivity contribution in [1.29, 1.82) is 0 Å². The highest BCUT2D eigenvalue weighted by atomic mass is 19.1. The molecule has 2 aromatic rings. The summed E-state index contributed by atoms with van der Waals surface area (Å²) >= 11 is 0. The van der Waals surface area contributed by atoms with Crippen molar-refractivity contribution in [3.8, 4) is 0 Å². The zero-order chi connectivity index (χ0) is 18.9. The Morgan fingerprint density at radius 2 is 1.81 bits per heavy atom. The molecule has 136 valence electrons. The normalized spacial score (nSPS) is 10.6. The molecule has 2 N–H and O–H groups in total. The second-order valence-electron chi connectivity index (χ2n) is 5.76. The van der Waals surface area contributed by atoms with E-state index in [9.17, 15) is 14.0 Å². The van der Waals surface area contributed by atoms with Gasteiger partial charge in [0.15, 0.2) is 0 Å². The fraction of sp³-hybridized carbons (Fsp3) is 0.211. The summed E-state index contributed by atoms with van der Waals surface area (Å²) in [6, 6.07) is 13.3. The maximum absolute atomic E-state index is 13.5. The van der Waals surface area contributed by atoms with E-state index in [1.807, 2.05) is 43.3 Å². The molecule has 0 heterocycles. The second kappa shape index (κ2) is 9.31. The van der Waals surface area contributed by atoms with Gasteiger partial charge < -0.3 is 10.2 Å². The maximum Gasteiger partial charge on any atom is 0.254 e. The molecule has 0 radical (unpaired) electrons. The topological polar surface area (TPSA) is 73.8 Å². The van der Waals surface area contributed by atoms with Gasteiger partial charge in [-0.15, -0.1) is 0 Å². The first-order valence-electron chi connectivity index (χ1n) is 8.09. The number of carbonyl (C=O) groups excluding carboxylic acids is 2. The minimum absolute atomic E-state index is 0.0388. The first-order chi connectivity index (χ1) is 12.5. The molecule has 0 unspecified atom stereocenters. The number of nitrogens with zero attached hydrogens (tertiary/aromatic N) is 2. The molecule has 0 aromatic heterocycles. The Bertz CT molecular complexity index is 788. The van der Waals surface area contributed by atoms with Crippen molar-refractivity contribution in [2.75, 3.05) is 25.5 Å². The summed E-state index contributed by atoms with van der Waals surface area (Å²) in [6.07, 6.45) is 1.58. The van der Waals surface area contributed by atoms with Crippen molar-refractivity contribution in [3.63, 3.8) is 0 Å². The summed E-state index contributed by atoms with van der Waals surface area (Å²) in [6.45, 7) is 0.0893. The largest absolute Gasteiger partial charge is 0.378 e. The van der Waals surface area contributed by atoms with Crippen LogP contribution in [0.2, 0.25) is 0 Å². The average molecular weight is 356 g/mol. The first kappa shape index (κ1) is 19.1. The van der Waals surface area contributed by atoms with Crippen LogP contribution >= 0.6 is 0 Å². The zero-order valence-electron chi connectivity index (χ0n) is 14.7. The van der Waals surface area contributed by atoms with Gasteiger partial charge in [-0.05, 0) is 29.8 Å². The van der Waals surface area contributed by atoms with Crippen molar-refractivity contribution in [2.45, 2.75) is 6.42 Å². The standard InChI is InChI=1S/C19H21FN4O2/c1-24(2)15-9-7-14(8-10-15)13-22-23-18(25)11-12-21-19(26)16-5-3-4-6-17(16)20/h3-10,13H,11-12H2,1-2H3,(H,21,26)(H,23,25). The molecule has 0 aliphatic carbocycles. The molecule has 7 heteroatoms. The van der Waals surface area contributed by atoms with E-state index in [1.54, 1.807) is 6.07 Å². The lowest BCUT2D eigenvalue weighted by Crippen LogP contribution is -2.29. The van der Waals surface area contributed by atoms with E-state index < -0.39 is 11.7 Å². The van der Waals surface area contributed by atoms with Crippen LogP contribution in [0.25, 0.3) is 0 Å². The number of benzene rings is 2. The Morgan fingerprint density at radius 3 is 2.46 bits per heavy atom. The molecule has 0 aliphatic heterocycles. The van der Waals surface area contributed by atoms with Gasteiger partial charge in [-0.25, -0.2) is 9.82 Å². The molecular weight excluding hydrogens is 335 g/mol. The highest BCUT2D eigenvalue weighted by molar-refractivity contribution is 5.94. The Labute approximate surface area is 151 Å². The molecule has 0 spiro atoms. The van der Waals surface area contributed by atoms with Crippen LogP contribution in [0, 0.1) is 5.82 Å². The SMILES string of the molecule is CN(C)c1ccc(C=NNC(=O)CCNC(=O)c2ccccc2F)cc1. The van der Waals surface area contributed by atoms with Gasteiger partial charge in [0, 0.05) is 32.7 Å². The summed E-state index contributed by atoms with van der Waals surface area (Å²) in [4.78, 5) is 25.5. The van der Waals surface area contributed by atoms with E-state index in [1.165, 1.54) is 24.4 Å². The van der Waals surface area contributed by atoms with Crippen molar-refractivity contribution in [2.24, 2.45) is 5.10 Å².